The first-order chi connectivity index (χ1) is 10.3. The molecule has 21 heavy (non-hydrogen) atoms. The van der Waals surface area contributed by atoms with E-state index in [1.165, 1.54) is 24.1 Å². The Bertz CT molecular complexity index is 581. The molecule has 1 aromatic heterocycles. The molecule has 0 saturated heterocycles. The summed E-state index contributed by atoms with van der Waals surface area (Å²) in [5, 5.41) is 16.6. The molecule has 0 aliphatic heterocycles. The summed E-state index contributed by atoms with van der Waals surface area (Å²) in [6.45, 7) is 0.594. The Kier molecular flexibility index (Phi) is 4.20. The zero-order valence-electron chi connectivity index (χ0n) is 11.9. The van der Waals surface area contributed by atoms with Gasteiger partial charge in [0.25, 0.3) is 0 Å². The third kappa shape index (κ3) is 3.24. The van der Waals surface area contributed by atoms with E-state index in [0.29, 0.717) is 18.5 Å². The van der Waals surface area contributed by atoms with Crippen molar-refractivity contribution in [2.24, 2.45) is 0 Å². The van der Waals surface area contributed by atoms with Crippen molar-refractivity contribution in [3.63, 3.8) is 0 Å². The van der Waals surface area contributed by atoms with Crippen molar-refractivity contribution in [3.05, 3.63) is 48.0 Å². The average Bonchev–Trinajstić information content (AvgIpc) is 3.11. The van der Waals surface area contributed by atoms with Crippen molar-refractivity contribution >= 4 is 5.69 Å². The zero-order valence-corrected chi connectivity index (χ0v) is 11.9. The van der Waals surface area contributed by atoms with Gasteiger partial charge in [0.2, 0.25) is 0 Å². The van der Waals surface area contributed by atoms with Crippen molar-refractivity contribution in [1.82, 2.24) is 9.78 Å². The number of benzene rings is 1. The fraction of sp³-hybridized carbons (Fsp3) is 0.438. The topological polar surface area (TPSA) is 50.1 Å². The van der Waals surface area contributed by atoms with E-state index in [4.69, 9.17) is 5.11 Å². The summed E-state index contributed by atoms with van der Waals surface area (Å²) in [5.74, 6) is 0.221. The van der Waals surface area contributed by atoms with Crippen molar-refractivity contribution in [2.45, 2.75) is 37.8 Å². The van der Waals surface area contributed by atoms with E-state index in [-0.39, 0.29) is 12.4 Å². The molecule has 0 bridgehead atoms. The summed E-state index contributed by atoms with van der Waals surface area (Å²) in [7, 11) is 0. The standard InChI is InChI=1S/C16H20FN3O/c17-13-6-4-12(5-7-13)15-2-1-3-16(15)19-14-10-18-20(11-14)8-9-21/h4-7,10-11,15-16,19,21H,1-3,8-9H2. The van der Waals surface area contributed by atoms with Gasteiger partial charge in [0.15, 0.2) is 0 Å². The second-order valence-corrected chi connectivity index (χ2v) is 5.56. The molecule has 112 valence electrons. The first-order valence-corrected chi connectivity index (χ1v) is 7.41. The Balaban J connectivity index is 1.70. The lowest BCUT2D eigenvalue weighted by Gasteiger charge is -2.21. The first kappa shape index (κ1) is 14.1. The summed E-state index contributed by atoms with van der Waals surface area (Å²) in [5.41, 5.74) is 2.16. The molecular formula is C16H20FN3O. The number of rotatable bonds is 5. The van der Waals surface area contributed by atoms with E-state index in [2.05, 4.69) is 10.4 Å². The average molecular weight is 289 g/mol. The van der Waals surface area contributed by atoms with E-state index in [1.54, 1.807) is 10.9 Å². The highest BCUT2D eigenvalue weighted by Gasteiger charge is 2.28. The Morgan fingerprint density at radius 2 is 2.10 bits per heavy atom. The Labute approximate surface area is 123 Å². The van der Waals surface area contributed by atoms with Crippen LogP contribution in [0, 0.1) is 5.82 Å². The van der Waals surface area contributed by atoms with Gasteiger partial charge in [-0.1, -0.05) is 18.6 Å². The number of halogens is 1. The van der Waals surface area contributed by atoms with Crippen LogP contribution < -0.4 is 5.32 Å². The SMILES string of the molecule is OCCn1cc(NC2CCCC2c2ccc(F)cc2)cn1. The zero-order chi connectivity index (χ0) is 14.7. The second kappa shape index (κ2) is 6.26. The van der Waals surface area contributed by atoms with Crippen LogP contribution in [-0.2, 0) is 6.54 Å². The molecule has 1 fully saturated rings. The van der Waals surface area contributed by atoms with Gasteiger partial charge < -0.3 is 10.4 Å². The van der Waals surface area contributed by atoms with Gasteiger partial charge in [0.05, 0.1) is 25.0 Å². The van der Waals surface area contributed by atoms with Gasteiger partial charge in [0.1, 0.15) is 5.82 Å². The van der Waals surface area contributed by atoms with Gasteiger partial charge in [0, 0.05) is 18.2 Å². The Morgan fingerprint density at radius 3 is 2.86 bits per heavy atom. The van der Waals surface area contributed by atoms with Gasteiger partial charge in [-0.25, -0.2) is 4.39 Å². The lowest BCUT2D eigenvalue weighted by Crippen LogP contribution is -2.22. The maximum Gasteiger partial charge on any atom is 0.123 e. The predicted molar refractivity (Wildman–Crippen MR) is 79.7 cm³/mol. The molecule has 4 nitrogen and oxygen atoms in total. The molecule has 0 spiro atoms. The molecule has 1 aliphatic rings. The summed E-state index contributed by atoms with van der Waals surface area (Å²) in [4.78, 5) is 0. The molecule has 1 heterocycles. The Morgan fingerprint density at radius 1 is 1.29 bits per heavy atom. The second-order valence-electron chi connectivity index (χ2n) is 5.56. The molecule has 5 heteroatoms. The minimum atomic E-state index is -0.188. The van der Waals surface area contributed by atoms with Gasteiger partial charge in [-0.15, -0.1) is 0 Å². The molecule has 0 radical (unpaired) electrons. The van der Waals surface area contributed by atoms with Crippen LogP contribution in [0.5, 0.6) is 0 Å². The number of anilines is 1. The van der Waals surface area contributed by atoms with Crippen LogP contribution in [0.2, 0.25) is 0 Å². The van der Waals surface area contributed by atoms with Gasteiger partial charge in [-0.05, 0) is 30.5 Å². The molecule has 1 saturated carbocycles. The third-order valence-electron chi connectivity index (χ3n) is 4.13. The normalized spacial score (nSPS) is 21.6. The summed E-state index contributed by atoms with van der Waals surface area (Å²) in [6, 6.07) is 7.18. The minimum absolute atomic E-state index is 0.0861. The van der Waals surface area contributed by atoms with Crippen LogP contribution in [-0.4, -0.2) is 27.5 Å². The fourth-order valence-corrected chi connectivity index (χ4v) is 3.12. The predicted octanol–water partition coefficient (Wildman–Crippen LogP) is 2.76. The fourth-order valence-electron chi connectivity index (χ4n) is 3.12. The number of nitrogens with zero attached hydrogens (tertiary/aromatic N) is 2. The van der Waals surface area contributed by atoms with Crippen LogP contribution in [0.15, 0.2) is 36.7 Å². The lowest BCUT2D eigenvalue weighted by atomic mass is 9.94. The minimum Gasteiger partial charge on any atom is -0.394 e. The first-order valence-electron chi connectivity index (χ1n) is 7.41. The maximum atomic E-state index is 13.0. The highest BCUT2D eigenvalue weighted by atomic mass is 19.1. The molecule has 1 aromatic carbocycles. The van der Waals surface area contributed by atoms with E-state index >= 15 is 0 Å². The summed E-state index contributed by atoms with van der Waals surface area (Å²) < 4.78 is 14.8. The van der Waals surface area contributed by atoms with Crippen LogP contribution in [0.1, 0.15) is 30.7 Å². The summed E-state index contributed by atoms with van der Waals surface area (Å²) >= 11 is 0. The lowest BCUT2D eigenvalue weighted by molar-refractivity contribution is 0.269. The van der Waals surface area contributed by atoms with Gasteiger partial charge in [-0.2, -0.15) is 5.10 Å². The monoisotopic (exact) mass is 289 g/mol. The molecule has 2 N–H and O–H groups in total. The summed E-state index contributed by atoms with van der Waals surface area (Å²) in [6.07, 6.45) is 7.09. The number of aliphatic hydroxyl groups is 1. The van der Waals surface area contributed by atoms with E-state index < -0.39 is 0 Å². The van der Waals surface area contributed by atoms with Crippen molar-refractivity contribution in [1.29, 1.82) is 0 Å². The molecule has 1 aliphatic carbocycles. The smallest absolute Gasteiger partial charge is 0.123 e. The third-order valence-corrected chi connectivity index (χ3v) is 4.13. The number of aliphatic hydroxyl groups excluding tert-OH is 1. The maximum absolute atomic E-state index is 13.0. The molecule has 2 aromatic rings. The van der Waals surface area contributed by atoms with Crippen molar-refractivity contribution in [3.8, 4) is 0 Å². The quantitative estimate of drug-likeness (QED) is 0.890. The van der Waals surface area contributed by atoms with Crippen LogP contribution >= 0.6 is 0 Å². The van der Waals surface area contributed by atoms with Crippen LogP contribution in [0.3, 0.4) is 0 Å². The van der Waals surface area contributed by atoms with Crippen LogP contribution in [0.4, 0.5) is 10.1 Å². The van der Waals surface area contributed by atoms with E-state index in [1.807, 2.05) is 18.3 Å². The van der Waals surface area contributed by atoms with Crippen molar-refractivity contribution < 1.29 is 9.50 Å². The van der Waals surface area contributed by atoms with Crippen LogP contribution in [0.25, 0.3) is 0 Å². The van der Waals surface area contributed by atoms with Crippen molar-refractivity contribution in [2.75, 3.05) is 11.9 Å². The van der Waals surface area contributed by atoms with E-state index in [0.717, 1.165) is 18.5 Å². The number of nitrogens with one attached hydrogen (secondary N) is 1. The van der Waals surface area contributed by atoms with Gasteiger partial charge >= 0.3 is 0 Å². The number of hydrogen-bond donors (Lipinski definition) is 2. The molecule has 3 rings (SSSR count). The highest BCUT2D eigenvalue weighted by Crippen LogP contribution is 2.36. The number of aromatic nitrogens is 2. The molecular weight excluding hydrogens is 269 g/mol. The molecule has 0 amide bonds. The molecule has 2 atom stereocenters. The Hall–Kier alpha value is -1.88. The number of hydrogen-bond acceptors (Lipinski definition) is 3. The van der Waals surface area contributed by atoms with E-state index in [9.17, 15) is 4.39 Å². The largest absolute Gasteiger partial charge is 0.394 e. The highest BCUT2D eigenvalue weighted by molar-refractivity contribution is 5.41. The molecule has 2 unspecified atom stereocenters. The van der Waals surface area contributed by atoms with Gasteiger partial charge in [-0.3, -0.25) is 4.68 Å².